The highest BCUT2D eigenvalue weighted by Crippen LogP contribution is 2.37. The Morgan fingerprint density at radius 1 is 1.00 bits per heavy atom. The average Bonchev–Trinajstić information content (AvgIpc) is 2.26. The number of benzene rings is 2. The van der Waals surface area contributed by atoms with E-state index in [-0.39, 0.29) is 10.9 Å². The maximum Gasteiger partial charge on any atom is 0.418 e. The van der Waals surface area contributed by atoms with Crippen molar-refractivity contribution in [3.8, 4) is 6.07 Å². The van der Waals surface area contributed by atoms with E-state index in [1.807, 2.05) is 0 Å². The van der Waals surface area contributed by atoms with Gasteiger partial charge in [-0.3, -0.25) is 0 Å². The highest BCUT2D eigenvalue weighted by Gasteiger charge is 2.35. The first-order chi connectivity index (χ1) is 7.54. The Morgan fingerprint density at radius 2 is 1.69 bits per heavy atom. The monoisotopic (exact) mass is 221 g/mol. The number of rotatable bonds is 0. The maximum absolute atomic E-state index is 12.8. The van der Waals surface area contributed by atoms with Gasteiger partial charge in [0.1, 0.15) is 0 Å². The molecular weight excluding hydrogens is 215 g/mol. The Bertz CT molecular complexity index is 579. The third-order valence-corrected chi connectivity index (χ3v) is 2.33. The molecular formula is C12H6F3N. The summed E-state index contributed by atoms with van der Waals surface area (Å²) >= 11 is 0. The van der Waals surface area contributed by atoms with Gasteiger partial charge < -0.3 is 0 Å². The van der Waals surface area contributed by atoms with Gasteiger partial charge in [-0.05, 0) is 16.8 Å². The van der Waals surface area contributed by atoms with E-state index in [1.54, 1.807) is 18.2 Å². The number of alkyl halides is 3. The molecule has 0 bridgehead atoms. The van der Waals surface area contributed by atoms with Crippen LogP contribution in [0.25, 0.3) is 10.8 Å². The minimum absolute atomic E-state index is 0.0639. The van der Waals surface area contributed by atoms with Crippen LogP contribution in [0.1, 0.15) is 11.1 Å². The fourth-order valence-corrected chi connectivity index (χ4v) is 1.67. The lowest BCUT2D eigenvalue weighted by Gasteiger charge is -2.11. The lowest BCUT2D eigenvalue weighted by atomic mass is 9.99. The Balaban J connectivity index is 2.91. The van der Waals surface area contributed by atoms with Crippen LogP contribution in [0.5, 0.6) is 0 Å². The van der Waals surface area contributed by atoms with Crippen molar-refractivity contribution >= 4 is 10.8 Å². The largest absolute Gasteiger partial charge is 0.418 e. The normalized spacial score (nSPS) is 11.4. The molecule has 0 radical (unpaired) electrons. The van der Waals surface area contributed by atoms with Crippen molar-refractivity contribution in [2.24, 2.45) is 0 Å². The molecule has 0 unspecified atom stereocenters. The van der Waals surface area contributed by atoms with Crippen LogP contribution >= 0.6 is 0 Å². The van der Waals surface area contributed by atoms with E-state index in [0.29, 0.717) is 5.39 Å². The van der Waals surface area contributed by atoms with E-state index >= 15 is 0 Å². The molecule has 4 heteroatoms. The van der Waals surface area contributed by atoms with Gasteiger partial charge in [-0.25, -0.2) is 0 Å². The molecule has 0 aliphatic rings. The predicted molar refractivity (Wildman–Crippen MR) is 53.7 cm³/mol. The van der Waals surface area contributed by atoms with Gasteiger partial charge in [0, 0.05) is 0 Å². The highest BCUT2D eigenvalue weighted by atomic mass is 19.4. The molecule has 0 amide bonds. The SMILES string of the molecule is N#Cc1ccc2ccccc2c1C(F)(F)F. The quantitative estimate of drug-likeness (QED) is 0.664. The molecule has 0 aliphatic heterocycles. The van der Waals surface area contributed by atoms with Crippen LogP contribution in [-0.4, -0.2) is 0 Å². The molecule has 0 N–H and O–H groups in total. The lowest BCUT2D eigenvalue weighted by molar-refractivity contribution is -0.136. The van der Waals surface area contributed by atoms with Gasteiger partial charge in [-0.1, -0.05) is 30.3 Å². The zero-order chi connectivity index (χ0) is 11.8. The number of nitrogens with zero attached hydrogens (tertiary/aromatic N) is 1. The van der Waals surface area contributed by atoms with Gasteiger partial charge in [0.15, 0.2) is 0 Å². The second kappa shape index (κ2) is 3.53. The molecule has 0 saturated heterocycles. The molecule has 1 nitrogen and oxygen atoms in total. The van der Waals surface area contributed by atoms with Crippen LogP contribution in [0.2, 0.25) is 0 Å². The summed E-state index contributed by atoms with van der Waals surface area (Å²) in [5.74, 6) is 0. The van der Waals surface area contributed by atoms with E-state index in [9.17, 15) is 13.2 Å². The molecule has 16 heavy (non-hydrogen) atoms. The van der Waals surface area contributed by atoms with Crippen molar-refractivity contribution in [2.45, 2.75) is 6.18 Å². The third-order valence-electron chi connectivity index (χ3n) is 2.33. The van der Waals surface area contributed by atoms with Crippen LogP contribution in [0, 0.1) is 11.3 Å². The Morgan fingerprint density at radius 3 is 2.31 bits per heavy atom. The minimum atomic E-state index is -4.51. The van der Waals surface area contributed by atoms with Crippen molar-refractivity contribution in [2.75, 3.05) is 0 Å². The van der Waals surface area contributed by atoms with Crippen LogP contribution in [-0.2, 0) is 6.18 Å². The van der Waals surface area contributed by atoms with E-state index in [1.165, 1.54) is 24.3 Å². The standard InChI is InChI=1S/C12H6F3N/c13-12(14,15)11-9(7-16)6-5-8-3-1-2-4-10(8)11/h1-6H. The smallest absolute Gasteiger partial charge is 0.192 e. The van der Waals surface area contributed by atoms with Gasteiger partial charge in [0.25, 0.3) is 0 Å². The topological polar surface area (TPSA) is 23.8 Å². The second-order valence-electron chi connectivity index (χ2n) is 3.32. The maximum atomic E-state index is 12.8. The first-order valence-corrected chi connectivity index (χ1v) is 4.53. The van der Waals surface area contributed by atoms with E-state index in [4.69, 9.17) is 5.26 Å². The van der Waals surface area contributed by atoms with E-state index in [2.05, 4.69) is 0 Å². The second-order valence-corrected chi connectivity index (χ2v) is 3.32. The molecule has 2 aromatic rings. The summed E-state index contributed by atoms with van der Waals surface area (Å²) in [7, 11) is 0. The first kappa shape index (κ1) is 10.5. The third kappa shape index (κ3) is 1.61. The summed E-state index contributed by atoms with van der Waals surface area (Å²) in [5, 5.41) is 9.24. The molecule has 2 rings (SSSR count). The Hall–Kier alpha value is -2.02. The fourth-order valence-electron chi connectivity index (χ4n) is 1.67. The van der Waals surface area contributed by atoms with Crippen molar-refractivity contribution in [1.82, 2.24) is 0 Å². The summed E-state index contributed by atoms with van der Waals surface area (Å²) in [6.07, 6.45) is -4.51. The minimum Gasteiger partial charge on any atom is -0.192 e. The van der Waals surface area contributed by atoms with Crippen molar-refractivity contribution < 1.29 is 13.2 Å². The van der Waals surface area contributed by atoms with Gasteiger partial charge in [-0.2, -0.15) is 18.4 Å². The molecule has 0 saturated carbocycles. The lowest BCUT2D eigenvalue weighted by Crippen LogP contribution is -2.08. The molecule has 0 fully saturated rings. The number of hydrogen-bond acceptors (Lipinski definition) is 1. The summed E-state index contributed by atoms with van der Waals surface area (Å²) in [6.45, 7) is 0. The molecule has 0 atom stereocenters. The van der Waals surface area contributed by atoms with Gasteiger partial charge in [0.2, 0.25) is 0 Å². The average molecular weight is 221 g/mol. The summed E-state index contributed by atoms with van der Waals surface area (Å²) in [5.41, 5.74) is -1.20. The molecule has 0 aromatic heterocycles. The summed E-state index contributed by atoms with van der Waals surface area (Å²) in [6, 6.07) is 10.4. The van der Waals surface area contributed by atoms with Crippen molar-refractivity contribution in [3.05, 3.63) is 47.5 Å². The van der Waals surface area contributed by atoms with E-state index < -0.39 is 11.7 Å². The van der Waals surface area contributed by atoms with Gasteiger partial charge in [0.05, 0.1) is 17.2 Å². The zero-order valence-corrected chi connectivity index (χ0v) is 8.05. The number of nitriles is 1. The van der Waals surface area contributed by atoms with Crippen LogP contribution in [0.4, 0.5) is 13.2 Å². The number of halogens is 3. The molecule has 2 aromatic carbocycles. The van der Waals surface area contributed by atoms with Crippen LogP contribution in [0.15, 0.2) is 36.4 Å². The molecule has 0 aliphatic carbocycles. The summed E-state index contributed by atoms with van der Waals surface area (Å²) in [4.78, 5) is 0. The van der Waals surface area contributed by atoms with Crippen molar-refractivity contribution in [1.29, 1.82) is 5.26 Å². The fraction of sp³-hybridized carbons (Fsp3) is 0.0833. The Kier molecular flexibility index (Phi) is 2.31. The number of hydrogen-bond donors (Lipinski definition) is 0. The predicted octanol–water partition coefficient (Wildman–Crippen LogP) is 3.73. The highest BCUT2D eigenvalue weighted by molar-refractivity contribution is 5.88. The number of fused-ring (bicyclic) bond motifs is 1. The molecule has 80 valence electrons. The van der Waals surface area contributed by atoms with Gasteiger partial charge >= 0.3 is 6.18 Å². The zero-order valence-electron chi connectivity index (χ0n) is 8.05. The van der Waals surface area contributed by atoms with Crippen LogP contribution in [0.3, 0.4) is 0 Å². The van der Waals surface area contributed by atoms with Crippen molar-refractivity contribution in [3.63, 3.8) is 0 Å². The summed E-state index contributed by atoms with van der Waals surface area (Å²) < 4.78 is 38.4. The molecule has 0 heterocycles. The van der Waals surface area contributed by atoms with E-state index in [0.717, 1.165) is 0 Å². The van der Waals surface area contributed by atoms with Crippen LogP contribution < -0.4 is 0 Å². The Labute approximate surface area is 89.7 Å². The van der Waals surface area contributed by atoms with Gasteiger partial charge in [-0.15, -0.1) is 0 Å². The first-order valence-electron chi connectivity index (χ1n) is 4.53. The molecule has 0 spiro atoms.